The van der Waals surface area contributed by atoms with Crippen molar-refractivity contribution in [2.24, 2.45) is 0 Å². The van der Waals surface area contributed by atoms with Crippen molar-refractivity contribution in [2.75, 3.05) is 0 Å². The molecule has 4 aromatic rings. The average Bonchev–Trinajstić information content (AvgIpc) is 3.36. The highest BCUT2D eigenvalue weighted by atomic mass is 32.2. The summed E-state index contributed by atoms with van der Waals surface area (Å²) in [7, 11) is 0. The molecule has 8 heteroatoms. The molecule has 0 saturated heterocycles. The first-order valence-corrected chi connectivity index (χ1v) is 9.54. The van der Waals surface area contributed by atoms with Crippen molar-refractivity contribution < 1.29 is 4.42 Å². The summed E-state index contributed by atoms with van der Waals surface area (Å²) in [5.74, 6) is 1.49. The predicted octanol–water partition coefficient (Wildman–Crippen LogP) is 4.29. The van der Waals surface area contributed by atoms with Crippen LogP contribution in [0.15, 0.2) is 51.5 Å². The number of benzene rings is 1. The highest BCUT2D eigenvalue weighted by molar-refractivity contribution is 7.98. The van der Waals surface area contributed by atoms with E-state index >= 15 is 0 Å². The number of tetrazole rings is 1. The summed E-state index contributed by atoms with van der Waals surface area (Å²) in [5.41, 5.74) is 4.41. The molecule has 6 nitrogen and oxygen atoms in total. The van der Waals surface area contributed by atoms with Crippen molar-refractivity contribution in [3.8, 4) is 16.5 Å². The second-order valence-corrected chi connectivity index (χ2v) is 7.35. The average molecular weight is 369 g/mol. The van der Waals surface area contributed by atoms with Crippen LogP contribution in [0.5, 0.6) is 0 Å². The number of hydrogen-bond donors (Lipinski definition) is 0. The van der Waals surface area contributed by atoms with Gasteiger partial charge in [-0.1, -0.05) is 17.8 Å². The zero-order valence-electron chi connectivity index (χ0n) is 13.7. The number of rotatable bonds is 5. The van der Waals surface area contributed by atoms with Gasteiger partial charge in [0.05, 0.1) is 17.6 Å². The molecule has 3 heterocycles. The van der Waals surface area contributed by atoms with Crippen molar-refractivity contribution in [3.63, 3.8) is 0 Å². The maximum atomic E-state index is 5.39. The third-order valence-electron chi connectivity index (χ3n) is 3.81. The van der Waals surface area contributed by atoms with Crippen LogP contribution in [0, 0.1) is 13.8 Å². The van der Waals surface area contributed by atoms with Crippen LogP contribution in [0.1, 0.15) is 16.8 Å². The summed E-state index contributed by atoms with van der Waals surface area (Å²) in [5, 5.41) is 15.7. The first-order chi connectivity index (χ1) is 12.2. The smallest absolute Gasteiger partial charge is 0.214 e. The van der Waals surface area contributed by atoms with Gasteiger partial charge >= 0.3 is 0 Å². The van der Waals surface area contributed by atoms with E-state index in [9.17, 15) is 0 Å². The Bertz CT molecular complexity index is 990. The molecule has 4 rings (SSSR count). The fourth-order valence-electron chi connectivity index (χ4n) is 2.31. The summed E-state index contributed by atoms with van der Waals surface area (Å²) in [6.45, 7) is 4.18. The number of aromatic nitrogens is 5. The van der Waals surface area contributed by atoms with Crippen LogP contribution in [-0.2, 0) is 5.75 Å². The molecule has 0 unspecified atom stereocenters. The number of thioether (sulfide) groups is 1. The Morgan fingerprint density at radius 2 is 2.12 bits per heavy atom. The molecule has 25 heavy (non-hydrogen) atoms. The van der Waals surface area contributed by atoms with Gasteiger partial charge in [-0.3, -0.25) is 0 Å². The first kappa shape index (κ1) is 16.0. The number of hydrogen-bond acceptors (Lipinski definition) is 7. The fourth-order valence-corrected chi connectivity index (χ4v) is 3.99. The maximum absolute atomic E-state index is 5.39. The van der Waals surface area contributed by atoms with E-state index in [0.717, 1.165) is 27.3 Å². The molecule has 0 fully saturated rings. The minimum Gasteiger partial charge on any atom is -0.462 e. The molecule has 0 amide bonds. The van der Waals surface area contributed by atoms with Gasteiger partial charge in [-0.15, -0.1) is 16.4 Å². The molecule has 0 bridgehead atoms. The van der Waals surface area contributed by atoms with Gasteiger partial charge in [0.2, 0.25) is 5.16 Å². The van der Waals surface area contributed by atoms with Gasteiger partial charge in [0.15, 0.2) is 10.8 Å². The highest BCUT2D eigenvalue weighted by Gasteiger charge is 2.12. The van der Waals surface area contributed by atoms with E-state index in [-0.39, 0.29) is 0 Å². The Hall–Kier alpha value is -2.45. The normalized spacial score (nSPS) is 11.1. The zero-order chi connectivity index (χ0) is 17.2. The SMILES string of the molecule is Cc1ccc(-n2nnnc2SCc2csc(-c3ccco3)n2)cc1C. The number of aryl methyl sites for hydroxylation is 2. The third kappa shape index (κ3) is 3.35. The first-order valence-electron chi connectivity index (χ1n) is 7.68. The summed E-state index contributed by atoms with van der Waals surface area (Å²) >= 11 is 3.13. The van der Waals surface area contributed by atoms with Crippen molar-refractivity contribution in [1.29, 1.82) is 0 Å². The summed E-state index contributed by atoms with van der Waals surface area (Å²) in [4.78, 5) is 4.61. The van der Waals surface area contributed by atoms with Crippen molar-refractivity contribution >= 4 is 23.1 Å². The predicted molar refractivity (Wildman–Crippen MR) is 98.0 cm³/mol. The van der Waals surface area contributed by atoms with Crippen LogP contribution >= 0.6 is 23.1 Å². The Kier molecular flexibility index (Phi) is 4.37. The van der Waals surface area contributed by atoms with Crippen LogP contribution < -0.4 is 0 Å². The second kappa shape index (κ2) is 6.81. The third-order valence-corrected chi connectivity index (χ3v) is 5.67. The molecule has 0 radical (unpaired) electrons. The monoisotopic (exact) mass is 369 g/mol. The van der Waals surface area contributed by atoms with Crippen LogP contribution in [0.2, 0.25) is 0 Å². The molecule has 0 aliphatic heterocycles. The van der Waals surface area contributed by atoms with Crippen LogP contribution in [0.4, 0.5) is 0 Å². The van der Waals surface area contributed by atoms with Crippen LogP contribution in [0.3, 0.4) is 0 Å². The lowest BCUT2D eigenvalue weighted by Crippen LogP contribution is -2.00. The lowest BCUT2D eigenvalue weighted by Gasteiger charge is -2.06. The molecular formula is C17H15N5OS2. The van der Waals surface area contributed by atoms with E-state index in [2.05, 4.69) is 46.5 Å². The summed E-state index contributed by atoms with van der Waals surface area (Å²) < 4.78 is 7.15. The number of nitrogens with zero attached hydrogens (tertiary/aromatic N) is 5. The Morgan fingerprint density at radius 3 is 2.92 bits per heavy atom. The minimum absolute atomic E-state index is 0.697. The minimum atomic E-state index is 0.697. The van der Waals surface area contributed by atoms with Crippen LogP contribution in [0.25, 0.3) is 16.5 Å². The fraction of sp³-hybridized carbons (Fsp3) is 0.176. The standard InChI is InChI=1S/C17H15N5OS2/c1-11-5-6-14(8-12(11)2)22-17(19-20-21-22)25-10-13-9-24-16(18-13)15-4-3-7-23-15/h3-9H,10H2,1-2H3. The molecule has 0 atom stereocenters. The Balaban J connectivity index is 1.51. The second-order valence-electron chi connectivity index (χ2n) is 5.55. The van der Waals surface area contributed by atoms with Gasteiger partial charge in [-0.25, -0.2) is 4.98 Å². The largest absolute Gasteiger partial charge is 0.462 e. The Labute approximate surface area is 152 Å². The molecule has 0 aliphatic carbocycles. The van der Waals surface area contributed by atoms with Crippen LogP contribution in [-0.4, -0.2) is 25.2 Å². The van der Waals surface area contributed by atoms with Crippen molar-refractivity contribution in [2.45, 2.75) is 24.8 Å². The molecule has 0 spiro atoms. The van der Waals surface area contributed by atoms with E-state index in [1.807, 2.05) is 23.6 Å². The van der Waals surface area contributed by atoms with E-state index in [1.54, 1.807) is 34.0 Å². The van der Waals surface area contributed by atoms with Gasteiger partial charge in [-0.05, 0) is 59.7 Å². The summed E-state index contributed by atoms with van der Waals surface area (Å²) in [6, 6.07) is 9.98. The topological polar surface area (TPSA) is 69.6 Å². The molecule has 126 valence electrons. The molecule has 0 saturated carbocycles. The van der Waals surface area contributed by atoms with Gasteiger partial charge < -0.3 is 4.42 Å². The van der Waals surface area contributed by atoms with E-state index in [4.69, 9.17) is 4.42 Å². The summed E-state index contributed by atoms with van der Waals surface area (Å²) in [6.07, 6.45) is 1.66. The highest BCUT2D eigenvalue weighted by Crippen LogP contribution is 2.28. The van der Waals surface area contributed by atoms with Crippen molar-refractivity contribution in [1.82, 2.24) is 25.2 Å². The van der Waals surface area contributed by atoms with E-state index < -0.39 is 0 Å². The van der Waals surface area contributed by atoms with E-state index in [1.165, 1.54) is 11.1 Å². The van der Waals surface area contributed by atoms with Gasteiger partial charge in [0.25, 0.3) is 0 Å². The number of furan rings is 1. The molecule has 0 N–H and O–H groups in total. The molecule has 1 aromatic carbocycles. The maximum Gasteiger partial charge on any atom is 0.214 e. The van der Waals surface area contributed by atoms with E-state index in [0.29, 0.717) is 5.75 Å². The molecule has 0 aliphatic rings. The Morgan fingerprint density at radius 1 is 1.20 bits per heavy atom. The lowest BCUT2D eigenvalue weighted by atomic mass is 10.1. The van der Waals surface area contributed by atoms with Gasteiger partial charge in [0, 0.05) is 11.1 Å². The van der Waals surface area contributed by atoms with Crippen molar-refractivity contribution in [3.05, 3.63) is 58.8 Å². The quantitative estimate of drug-likeness (QED) is 0.489. The molecule has 3 aromatic heterocycles. The van der Waals surface area contributed by atoms with Gasteiger partial charge in [-0.2, -0.15) is 4.68 Å². The zero-order valence-corrected chi connectivity index (χ0v) is 15.3. The van der Waals surface area contributed by atoms with Gasteiger partial charge in [0.1, 0.15) is 0 Å². The number of thiazole rings is 1. The lowest BCUT2D eigenvalue weighted by molar-refractivity contribution is 0.581. The molecular weight excluding hydrogens is 354 g/mol.